The standard InChI is InChI=1S/C15H24N2OS.ClH/c1-2-3-7-12(10-16)17-15(18)14-9-11-6-4-5-8-13(11)19-14;/h9,12H,2-8,10,16H2,1H3,(H,17,18);1H. The molecule has 2 rings (SSSR count). The molecule has 1 aromatic heterocycles. The molecule has 0 fully saturated rings. The van der Waals surface area contributed by atoms with Gasteiger partial charge >= 0.3 is 0 Å². The van der Waals surface area contributed by atoms with Crippen molar-refractivity contribution < 1.29 is 4.79 Å². The fraction of sp³-hybridized carbons (Fsp3) is 0.667. The summed E-state index contributed by atoms with van der Waals surface area (Å²) in [5, 5.41) is 3.07. The number of aryl methyl sites for hydroxylation is 2. The van der Waals surface area contributed by atoms with Gasteiger partial charge in [-0.3, -0.25) is 4.79 Å². The van der Waals surface area contributed by atoms with Gasteiger partial charge < -0.3 is 11.1 Å². The third kappa shape index (κ3) is 4.47. The number of hydrogen-bond acceptors (Lipinski definition) is 3. The molecule has 1 unspecified atom stereocenters. The molecule has 0 spiro atoms. The van der Waals surface area contributed by atoms with E-state index in [1.165, 1.54) is 23.3 Å². The quantitative estimate of drug-likeness (QED) is 0.846. The maximum atomic E-state index is 12.2. The maximum Gasteiger partial charge on any atom is 0.261 e. The van der Waals surface area contributed by atoms with Gasteiger partial charge in [-0.1, -0.05) is 19.8 Å². The van der Waals surface area contributed by atoms with E-state index in [-0.39, 0.29) is 24.4 Å². The van der Waals surface area contributed by atoms with Crippen LogP contribution in [0, 0.1) is 0 Å². The van der Waals surface area contributed by atoms with E-state index in [0.29, 0.717) is 6.54 Å². The third-order valence-corrected chi connectivity index (χ3v) is 4.98. The number of fused-ring (bicyclic) bond motifs is 1. The van der Waals surface area contributed by atoms with Crippen LogP contribution in [0.1, 0.15) is 59.1 Å². The van der Waals surface area contributed by atoms with Gasteiger partial charge in [-0.15, -0.1) is 23.7 Å². The Bertz CT molecular complexity index is 410. The highest BCUT2D eigenvalue weighted by Gasteiger charge is 2.18. The average molecular weight is 317 g/mol. The molecule has 1 atom stereocenters. The largest absolute Gasteiger partial charge is 0.347 e. The SMILES string of the molecule is CCCCC(CN)NC(=O)c1cc2c(s1)CCCC2.Cl. The lowest BCUT2D eigenvalue weighted by molar-refractivity contribution is 0.0940. The van der Waals surface area contributed by atoms with Crippen LogP contribution in [-0.4, -0.2) is 18.5 Å². The fourth-order valence-electron chi connectivity index (χ4n) is 2.56. The van der Waals surface area contributed by atoms with Gasteiger partial charge in [0.15, 0.2) is 0 Å². The van der Waals surface area contributed by atoms with Crippen molar-refractivity contribution >= 4 is 29.7 Å². The van der Waals surface area contributed by atoms with E-state index in [1.54, 1.807) is 11.3 Å². The predicted molar refractivity (Wildman–Crippen MR) is 88.0 cm³/mol. The van der Waals surface area contributed by atoms with E-state index in [4.69, 9.17) is 5.73 Å². The minimum atomic E-state index is 0. The van der Waals surface area contributed by atoms with Gasteiger partial charge in [0.05, 0.1) is 4.88 Å². The van der Waals surface area contributed by atoms with Crippen molar-refractivity contribution in [2.45, 2.75) is 57.9 Å². The summed E-state index contributed by atoms with van der Waals surface area (Å²) < 4.78 is 0. The molecule has 1 amide bonds. The van der Waals surface area contributed by atoms with Crippen LogP contribution in [0.4, 0.5) is 0 Å². The van der Waals surface area contributed by atoms with E-state index in [0.717, 1.165) is 37.0 Å². The van der Waals surface area contributed by atoms with Crippen LogP contribution >= 0.6 is 23.7 Å². The van der Waals surface area contributed by atoms with Crippen molar-refractivity contribution in [2.24, 2.45) is 5.73 Å². The number of amides is 1. The molecule has 5 heteroatoms. The third-order valence-electron chi connectivity index (χ3n) is 3.75. The van der Waals surface area contributed by atoms with Gasteiger partial charge in [0.1, 0.15) is 0 Å². The highest BCUT2D eigenvalue weighted by molar-refractivity contribution is 7.14. The number of halogens is 1. The molecule has 0 radical (unpaired) electrons. The first-order chi connectivity index (χ1) is 9.24. The van der Waals surface area contributed by atoms with Crippen molar-refractivity contribution in [2.75, 3.05) is 6.54 Å². The van der Waals surface area contributed by atoms with Crippen LogP contribution in [0.3, 0.4) is 0 Å². The second-order valence-electron chi connectivity index (χ2n) is 5.31. The number of unbranched alkanes of at least 4 members (excludes halogenated alkanes) is 1. The second kappa shape index (κ2) is 8.65. The van der Waals surface area contributed by atoms with Crippen molar-refractivity contribution in [3.63, 3.8) is 0 Å². The van der Waals surface area contributed by atoms with Gasteiger partial charge in [0.25, 0.3) is 5.91 Å². The summed E-state index contributed by atoms with van der Waals surface area (Å²) in [6.45, 7) is 2.68. The zero-order valence-electron chi connectivity index (χ0n) is 12.1. The molecule has 0 aliphatic heterocycles. The van der Waals surface area contributed by atoms with Crippen LogP contribution in [0.2, 0.25) is 0 Å². The summed E-state index contributed by atoms with van der Waals surface area (Å²) in [4.78, 5) is 14.5. The molecular formula is C15H25ClN2OS. The molecule has 1 aliphatic carbocycles. The lowest BCUT2D eigenvalue weighted by atomic mass is 9.99. The maximum absolute atomic E-state index is 12.2. The number of rotatable bonds is 6. The van der Waals surface area contributed by atoms with Crippen LogP contribution in [-0.2, 0) is 12.8 Å². The van der Waals surface area contributed by atoms with E-state index < -0.39 is 0 Å². The lowest BCUT2D eigenvalue weighted by Crippen LogP contribution is -2.39. The smallest absolute Gasteiger partial charge is 0.261 e. The number of nitrogens with one attached hydrogen (secondary N) is 1. The molecule has 20 heavy (non-hydrogen) atoms. The zero-order valence-corrected chi connectivity index (χ0v) is 13.7. The summed E-state index contributed by atoms with van der Waals surface area (Å²) in [5.41, 5.74) is 7.11. The number of nitrogens with two attached hydrogens (primary N) is 1. The Hall–Kier alpha value is -0.580. The summed E-state index contributed by atoms with van der Waals surface area (Å²) in [5.74, 6) is 0.0611. The van der Waals surface area contributed by atoms with Crippen molar-refractivity contribution in [3.05, 3.63) is 21.4 Å². The van der Waals surface area contributed by atoms with Crippen molar-refractivity contribution in [3.8, 4) is 0 Å². The molecule has 3 N–H and O–H groups in total. The monoisotopic (exact) mass is 316 g/mol. The minimum Gasteiger partial charge on any atom is -0.347 e. The number of carbonyl (C=O) groups excluding carboxylic acids is 1. The first kappa shape index (κ1) is 17.5. The first-order valence-corrected chi connectivity index (χ1v) is 8.18. The molecule has 114 valence electrons. The van der Waals surface area contributed by atoms with E-state index in [9.17, 15) is 4.79 Å². The lowest BCUT2D eigenvalue weighted by Gasteiger charge is -2.15. The Balaban J connectivity index is 0.00000200. The summed E-state index contributed by atoms with van der Waals surface area (Å²) >= 11 is 1.67. The average Bonchev–Trinajstić information content (AvgIpc) is 2.87. The van der Waals surface area contributed by atoms with Crippen molar-refractivity contribution in [1.82, 2.24) is 5.32 Å². The number of hydrogen-bond donors (Lipinski definition) is 2. The Labute approximate surface area is 131 Å². The minimum absolute atomic E-state index is 0. The van der Waals surface area contributed by atoms with Crippen LogP contribution < -0.4 is 11.1 Å². The molecule has 1 heterocycles. The Morgan fingerprint density at radius 1 is 1.45 bits per heavy atom. The molecular weight excluding hydrogens is 292 g/mol. The van der Waals surface area contributed by atoms with Gasteiger partial charge in [0, 0.05) is 17.5 Å². The molecule has 0 aromatic carbocycles. The number of carbonyl (C=O) groups is 1. The fourth-order valence-corrected chi connectivity index (χ4v) is 3.72. The molecule has 1 aliphatic rings. The molecule has 1 aromatic rings. The Morgan fingerprint density at radius 3 is 2.85 bits per heavy atom. The molecule has 0 bridgehead atoms. The predicted octanol–water partition coefficient (Wildman–Crippen LogP) is 3.30. The highest BCUT2D eigenvalue weighted by atomic mass is 35.5. The van der Waals surface area contributed by atoms with Crippen LogP contribution in [0.5, 0.6) is 0 Å². The van der Waals surface area contributed by atoms with Gasteiger partial charge in [-0.2, -0.15) is 0 Å². The van der Waals surface area contributed by atoms with E-state index >= 15 is 0 Å². The number of thiophene rings is 1. The van der Waals surface area contributed by atoms with E-state index in [2.05, 4.69) is 18.3 Å². The zero-order chi connectivity index (χ0) is 13.7. The van der Waals surface area contributed by atoms with Gasteiger partial charge in [-0.05, 0) is 43.7 Å². The molecule has 0 saturated heterocycles. The summed E-state index contributed by atoms with van der Waals surface area (Å²) in [6.07, 6.45) is 8.02. The van der Waals surface area contributed by atoms with Crippen LogP contribution in [0.25, 0.3) is 0 Å². The van der Waals surface area contributed by atoms with Crippen molar-refractivity contribution in [1.29, 1.82) is 0 Å². The summed E-state index contributed by atoms with van der Waals surface area (Å²) in [6, 6.07) is 2.20. The topological polar surface area (TPSA) is 55.1 Å². The highest BCUT2D eigenvalue weighted by Crippen LogP contribution is 2.29. The summed E-state index contributed by atoms with van der Waals surface area (Å²) in [7, 11) is 0. The van der Waals surface area contributed by atoms with Gasteiger partial charge in [-0.25, -0.2) is 0 Å². The van der Waals surface area contributed by atoms with Gasteiger partial charge in [0.2, 0.25) is 0 Å². The second-order valence-corrected chi connectivity index (χ2v) is 6.45. The first-order valence-electron chi connectivity index (χ1n) is 7.37. The molecule has 3 nitrogen and oxygen atoms in total. The Kier molecular flexibility index (Phi) is 7.56. The normalized spacial score (nSPS) is 15.1. The van der Waals surface area contributed by atoms with E-state index in [1.807, 2.05) is 0 Å². The van der Waals surface area contributed by atoms with Crippen LogP contribution in [0.15, 0.2) is 6.07 Å². The Morgan fingerprint density at radius 2 is 2.20 bits per heavy atom. The molecule has 0 saturated carbocycles.